The van der Waals surface area contributed by atoms with E-state index in [-0.39, 0.29) is 18.5 Å². The number of carbonyl (C=O) groups excluding carboxylic acids is 2. The fraction of sp³-hybridized carbons (Fsp3) is 0.855. The Labute approximate surface area is 379 Å². The smallest absolute Gasteiger partial charge is 0.305 e. The maximum Gasteiger partial charge on any atom is 0.305 e. The number of rotatable bonds is 49. The number of amides is 1. The van der Waals surface area contributed by atoms with Crippen LogP contribution in [0.15, 0.2) is 36.5 Å². The van der Waals surface area contributed by atoms with Crippen LogP contribution in [0.5, 0.6) is 0 Å². The van der Waals surface area contributed by atoms with E-state index < -0.39 is 12.1 Å². The zero-order valence-electron chi connectivity index (χ0n) is 40.6. The predicted molar refractivity (Wildman–Crippen MR) is 264 cm³/mol. The fourth-order valence-electron chi connectivity index (χ4n) is 8.02. The highest BCUT2D eigenvalue weighted by Crippen LogP contribution is 2.16. The molecule has 0 aromatic rings. The Kier molecular flexibility index (Phi) is 49.1. The largest absolute Gasteiger partial charge is 0.466 e. The van der Waals surface area contributed by atoms with Crippen molar-refractivity contribution in [3.8, 4) is 0 Å². The molecule has 0 aliphatic rings. The molecule has 1 amide bonds. The van der Waals surface area contributed by atoms with Crippen LogP contribution in [0.25, 0.3) is 0 Å². The highest BCUT2D eigenvalue weighted by molar-refractivity contribution is 5.76. The van der Waals surface area contributed by atoms with Gasteiger partial charge in [0.2, 0.25) is 5.91 Å². The fourth-order valence-corrected chi connectivity index (χ4v) is 8.02. The van der Waals surface area contributed by atoms with E-state index in [1.54, 1.807) is 0 Å². The Balaban J connectivity index is 3.47. The molecule has 61 heavy (non-hydrogen) atoms. The number of aliphatic hydroxyl groups excluding tert-OH is 2. The molecule has 6 nitrogen and oxygen atoms in total. The molecule has 0 spiro atoms. The first-order chi connectivity index (χ1) is 30.0. The minimum Gasteiger partial charge on any atom is -0.466 e. The van der Waals surface area contributed by atoms with Gasteiger partial charge in [0.25, 0.3) is 0 Å². The molecule has 3 N–H and O–H groups in total. The van der Waals surface area contributed by atoms with Crippen molar-refractivity contribution in [2.75, 3.05) is 13.2 Å². The third kappa shape index (κ3) is 47.4. The predicted octanol–water partition coefficient (Wildman–Crippen LogP) is 16.1. The topological polar surface area (TPSA) is 95.9 Å². The first-order valence-electron chi connectivity index (χ1n) is 26.7. The maximum atomic E-state index is 12.4. The van der Waals surface area contributed by atoms with Gasteiger partial charge in [0.05, 0.1) is 25.4 Å². The number of ether oxygens (including phenoxy) is 1. The first kappa shape index (κ1) is 59.1. The SMILES string of the molecule is CCC/C=C\C/C=C\CCCCCCCC(=O)OCCCCCCCC/C=C\CCCCCCCCCC(=O)NC(CO)C(O)CCCCCCCCCCCCCCCC. The number of aliphatic hydroxyl groups is 2. The van der Waals surface area contributed by atoms with Crippen LogP contribution in [0, 0.1) is 0 Å². The summed E-state index contributed by atoms with van der Waals surface area (Å²) in [6.45, 7) is 4.86. The van der Waals surface area contributed by atoms with Gasteiger partial charge < -0.3 is 20.3 Å². The van der Waals surface area contributed by atoms with Crippen LogP contribution in [-0.4, -0.2) is 47.4 Å². The van der Waals surface area contributed by atoms with Crippen molar-refractivity contribution in [2.45, 2.75) is 289 Å². The monoisotopic (exact) mass is 858 g/mol. The lowest BCUT2D eigenvalue weighted by atomic mass is 10.0. The van der Waals surface area contributed by atoms with Crippen molar-refractivity contribution in [1.29, 1.82) is 0 Å². The van der Waals surface area contributed by atoms with E-state index in [4.69, 9.17) is 4.74 Å². The van der Waals surface area contributed by atoms with E-state index in [2.05, 4.69) is 55.6 Å². The first-order valence-corrected chi connectivity index (χ1v) is 26.7. The Morgan fingerprint density at radius 3 is 1.33 bits per heavy atom. The second-order valence-corrected chi connectivity index (χ2v) is 18.2. The van der Waals surface area contributed by atoms with Gasteiger partial charge in [-0.1, -0.05) is 224 Å². The van der Waals surface area contributed by atoms with E-state index in [1.165, 1.54) is 180 Å². The molecule has 0 saturated carbocycles. The van der Waals surface area contributed by atoms with Gasteiger partial charge in [-0.2, -0.15) is 0 Å². The molecular weight excluding hydrogens is 755 g/mol. The van der Waals surface area contributed by atoms with Crippen molar-refractivity contribution in [2.24, 2.45) is 0 Å². The maximum absolute atomic E-state index is 12.4. The summed E-state index contributed by atoms with van der Waals surface area (Å²) in [5.41, 5.74) is 0. The van der Waals surface area contributed by atoms with Crippen LogP contribution in [0.2, 0.25) is 0 Å². The summed E-state index contributed by atoms with van der Waals surface area (Å²) >= 11 is 0. The van der Waals surface area contributed by atoms with Gasteiger partial charge in [-0.05, 0) is 77.0 Å². The molecule has 0 aromatic carbocycles. The van der Waals surface area contributed by atoms with Gasteiger partial charge >= 0.3 is 5.97 Å². The highest BCUT2D eigenvalue weighted by atomic mass is 16.5. The summed E-state index contributed by atoms with van der Waals surface area (Å²) < 4.78 is 5.45. The minimum atomic E-state index is -0.672. The molecule has 6 heteroatoms. The van der Waals surface area contributed by atoms with Gasteiger partial charge in [-0.25, -0.2) is 0 Å². The Morgan fingerprint density at radius 2 is 0.852 bits per heavy atom. The van der Waals surface area contributed by atoms with Gasteiger partial charge in [-0.15, -0.1) is 0 Å². The van der Waals surface area contributed by atoms with Crippen LogP contribution < -0.4 is 5.32 Å². The number of nitrogens with one attached hydrogen (secondary N) is 1. The Morgan fingerprint density at radius 1 is 0.459 bits per heavy atom. The van der Waals surface area contributed by atoms with Crippen LogP contribution in [0.1, 0.15) is 277 Å². The van der Waals surface area contributed by atoms with Crippen LogP contribution in [0.3, 0.4) is 0 Å². The quantitative estimate of drug-likeness (QED) is 0.0322. The normalized spacial score (nSPS) is 12.9. The lowest BCUT2D eigenvalue weighted by Gasteiger charge is -2.22. The third-order valence-corrected chi connectivity index (χ3v) is 12.1. The minimum absolute atomic E-state index is 0.0176. The molecule has 0 radical (unpaired) electrons. The van der Waals surface area contributed by atoms with Crippen LogP contribution in [0.4, 0.5) is 0 Å². The number of unbranched alkanes of at least 4 members (excludes halogenated alkanes) is 32. The number of carbonyl (C=O) groups is 2. The molecule has 0 bridgehead atoms. The van der Waals surface area contributed by atoms with Crippen LogP contribution in [-0.2, 0) is 14.3 Å². The van der Waals surface area contributed by atoms with E-state index >= 15 is 0 Å². The van der Waals surface area contributed by atoms with Crippen molar-refractivity contribution in [1.82, 2.24) is 5.32 Å². The lowest BCUT2D eigenvalue weighted by Crippen LogP contribution is -2.45. The molecule has 2 atom stereocenters. The molecule has 0 aliphatic carbocycles. The number of hydrogen-bond acceptors (Lipinski definition) is 5. The molecule has 0 fully saturated rings. The second-order valence-electron chi connectivity index (χ2n) is 18.2. The summed E-state index contributed by atoms with van der Waals surface area (Å²) in [5.74, 6) is -0.0653. The standard InChI is InChI=1S/C55H103NO5/c1-3-5-7-9-11-13-15-17-24-27-31-35-39-43-47-53(58)52(51-57)56-54(59)48-44-40-36-32-28-25-21-19-18-20-22-26-30-34-38-42-46-50-61-55(60)49-45-41-37-33-29-23-16-14-12-10-8-6-4-2/h8,10,14,16,18,20,52-53,57-58H,3-7,9,11-13,15,17,19,21-51H2,1-2H3,(H,56,59)/b10-8-,16-14-,20-18-. The van der Waals surface area contributed by atoms with Gasteiger partial charge in [0.1, 0.15) is 0 Å². The Hall–Kier alpha value is -1.92. The number of hydrogen-bond donors (Lipinski definition) is 3. The van der Waals surface area contributed by atoms with E-state index in [1.807, 2.05) is 0 Å². The number of allylic oxidation sites excluding steroid dienone is 6. The molecule has 0 saturated heterocycles. The van der Waals surface area contributed by atoms with E-state index in [9.17, 15) is 19.8 Å². The van der Waals surface area contributed by atoms with Gasteiger partial charge in [-0.3, -0.25) is 9.59 Å². The molecule has 358 valence electrons. The summed E-state index contributed by atoms with van der Waals surface area (Å²) in [6, 6.07) is -0.550. The van der Waals surface area contributed by atoms with E-state index in [0.29, 0.717) is 25.9 Å². The lowest BCUT2D eigenvalue weighted by molar-refractivity contribution is -0.143. The molecule has 0 aliphatic heterocycles. The summed E-state index contributed by atoms with van der Waals surface area (Å²) in [7, 11) is 0. The van der Waals surface area contributed by atoms with Crippen molar-refractivity contribution < 1.29 is 24.5 Å². The number of esters is 1. The average molecular weight is 858 g/mol. The van der Waals surface area contributed by atoms with Gasteiger partial charge in [0, 0.05) is 12.8 Å². The van der Waals surface area contributed by atoms with Gasteiger partial charge in [0.15, 0.2) is 0 Å². The average Bonchev–Trinajstić information content (AvgIpc) is 3.26. The highest BCUT2D eigenvalue weighted by Gasteiger charge is 2.20. The van der Waals surface area contributed by atoms with Crippen LogP contribution >= 0.6 is 0 Å². The molecular formula is C55H103NO5. The van der Waals surface area contributed by atoms with Crippen molar-refractivity contribution >= 4 is 11.9 Å². The van der Waals surface area contributed by atoms with Crippen molar-refractivity contribution in [3.05, 3.63) is 36.5 Å². The third-order valence-electron chi connectivity index (χ3n) is 12.1. The van der Waals surface area contributed by atoms with Crippen molar-refractivity contribution in [3.63, 3.8) is 0 Å². The molecule has 0 rings (SSSR count). The summed E-state index contributed by atoms with van der Waals surface area (Å²) in [4.78, 5) is 24.4. The molecule has 0 aromatic heterocycles. The Bertz CT molecular complexity index is 993. The summed E-state index contributed by atoms with van der Waals surface area (Å²) in [6.07, 6.45) is 61.2. The zero-order chi connectivity index (χ0) is 44.4. The van der Waals surface area contributed by atoms with E-state index in [0.717, 1.165) is 64.2 Å². The summed E-state index contributed by atoms with van der Waals surface area (Å²) in [5, 5.41) is 23.2. The molecule has 0 heterocycles. The second kappa shape index (κ2) is 50.7. The molecule has 2 unspecified atom stereocenters. The zero-order valence-corrected chi connectivity index (χ0v) is 40.6.